The van der Waals surface area contributed by atoms with Crippen LogP contribution >= 0.6 is 0 Å². The molecule has 2 aromatic carbocycles. The smallest absolute Gasteiger partial charge is 0.247 e. The van der Waals surface area contributed by atoms with E-state index < -0.39 is 22.2 Å². The average Bonchev–Trinajstić information content (AvgIpc) is 2.84. The number of aliphatic hydroxyl groups excluding tert-OH is 1. The third-order valence-corrected chi connectivity index (χ3v) is 8.12. The number of hydrogen-bond donors (Lipinski definition) is 1. The highest BCUT2D eigenvalue weighted by Gasteiger charge is 2.38. The molecule has 3 atom stereocenters. The summed E-state index contributed by atoms with van der Waals surface area (Å²) in [6.07, 6.45) is -0.462. The van der Waals surface area contributed by atoms with E-state index in [2.05, 4.69) is 11.8 Å². The van der Waals surface area contributed by atoms with Crippen LogP contribution in [0, 0.1) is 17.8 Å². The molecule has 188 valence electrons. The Balaban J connectivity index is 2.05. The first kappa shape index (κ1) is 26.5. The highest BCUT2D eigenvalue weighted by molar-refractivity contribution is 7.89. The van der Waals surface area contributed by atoms with Crippen molar-refractivity contribution in [1.29, 1.82) is 0 Å². The number of methoxy groups -OCH3 is 1. The van der Waals surface area contributed by atoms with Crippen LogP contribution in [0.5, 0.6) is 11.5 Å². The summed E-state index contributed by atoms with van der Waals surface area (Å²) in [6.45, 7) is 5.14. The molecule has 0 unspecified atom stereocenters. The lowest BCUT2D eigenvalue weighted by Crippen LogP contribution is -2.50. The molecule has 0 aromatic heterocycles. The molecule has 3 rings (SSSR count). The normalized spacial score (nSPS) is 20.2. The minimum atomic E-state index is -3.94. The zero-order chi connectivity index (χ0) is 25.8. The number of carbonyl (C=O) groups is 1. The SMILES string of the molecule is COc1ccc(C#Cc2ccc3c(c2)O[C@H](CN(C)C(C)=O)[C@@H](C)CN([C@@H](C)CO)S3(=O)=O)cc1. The summed E-state index contributed by atoms with van der Waals surface area (Å²) in [7, 11) is -0.666. The van der Waals surface area contributed by atoms with Crippen molar-refractivity contribution in [1.82, 2.24) is 9.21 Å². The summed E-state index contributed by atoms with van der Waals surface area (Å²) in [5.41, 5.74) is 1.37. The van der Waals surface area contributed by atoms with Crippen molar-refractivity contribution in [2.75, 3.05) is 33.9 Å². The van der Waals surface area contributed by atoms with Crippen LogP contribution in [-0.4, -0.2) is 74.6 Å². The number of aliphatic hydroxyl groups is 1. The number of sulfonamides is 1. The van der Waals surface area contributed by atoms with E-state index in [1.165, 1.54) is 17.3 Å². The summed E-state index contributed by atoms with van der Waals surface area (Å²) >= 11 is 0. The van der Waals surface area contributed by atoms with Crippen LogP contribution in [0.1, 0.15) is 31.9 Å². The van der Waals surface area contributed by atoms with E-state index in [-0.39, 0.29) is 35.6 Å². The van der Waals surface area contributed by atoms with Gasteiger partial charge < -0.3 is 19.5 Å². The maximum absolute atomic E-state index is 13.5. The largest absolute Gasteiger partial charge is 0.497 e. The zero-order valence-corrected chi connectivity index (χ0v) is 21.5. The molecule has 1 heterocycles. The molecule has 1 N–H and O–H groups in total. The molecule has 1 amide bonds. The molecule has 1 aliphatic heterocycles. The van der Waals surface area contributed by atoms with E-state index >= 15 is 0 Å². The molecule has 9 heteroatoms. The number of rotatable bonds is 5. The van der Waals surface area contributed by atoms with Gasteiger partial charge in [-0.05, 0) is 49.4 Å². The lowest BCUT2D eigenvalue weighted by atomic mass is 10.0. The number of nitrogens with zero attached hydrogens (tertiary/aromatic N) is 2. The van der Waals surface area contributed by atoms with Gasteiger partial charge >= 0.3 is 0 Å². The van der Waals surface area contributed by atoms with Crippen molar-refractivity contribution in [2.45, 2.75) is 37.8 Å². The predicted molar refractivity (Wildman–Crippen MR) is 133 cm³/mol. The number of ether oxygens (including phenoxy) is 2. The quantitative estimate of drug-likeness (QED) is 0.633. The third-order valence-electron chi connectivity index (χ3n) is 6.10. The van der Waals surface area contributed by atoms with Crippen molar-refractivity contribution in [3.05, 3.63) is 53.6 Å². The maximum atomic E-state index is 13.5. The highest BCUT2D eigenvalue weighted by atomic mass is 32.2. The van der Waals surface area contributed by atoms with Crippen LogP contribution < -0.4 is 9.47 Å². The molecule has 0 spiro atoms. The molecular weight excluding hydrogens is 468 g/mol. The molecule has 0 saturated heterocycles. The Bertz CT molecular complexity index is 1220. The van der Waals surface area contributed by atoms with Gasteiger partial charge in [0.25, 0.3) is 0 Å². The second-order valence-corrected chi connectivity index (χ2v) is 10.6. The van der Waals surface area contributed by atoms with E-state index in [1.54, 1.807) is 38.1 Å². The number of likely N-dealkylation sites (N-methyl/N-ethyl adjacent to an activating group) is 1. The van der Waals surface area contributed by atoms with Crippen LogP contribution in [0.15, 0.2) is 47.4 Å². The third kappa shape index (κ3) is 6.14. The Morgan fingerprint density at radius 3 is 2.46 bits per heavy atom. The van der Waals surface area contributed by atoms with Gasteiger partial charge in [0.2, 0.25) is 15.9 Å². The minimum absolute atomic E-state index is 0.00942. The van der Waals surface area contributed by atoms with Gasteiger partial charge in [-0.15, -0.1) is 0 Å². The molecule has 0 fully saturated rings. The van der Waals surface area contributed by atoms with Gasteiger partial charge in [0.05, 0.1) is 20.3 Å². The molecular formula is C26H32N2O6S. The summed E-state index contributed by atoms with van der Waals surface area (Å²) in [6, 6.07) is 11.4. The second-order valence-electron chi connectivity index (χ2n) is 8.78. The van der Waals surface area contributed by atoms with Crippen molar-refractivity contribution >= 4 is 15.9 Å². The van der Waals surface area contributed by atoms with Gasteiger partial charge in [-0.25, -0.2) is 8.42 Å². The molecule has 0 aliphatic carbocycles. The van der Waals surface area contributed by atoms with Crippen LogP contribution in [-0.2, 0) is 14.8 Å². The van der Waals surface area contributed by atoms with Crippen molar-refractivity contribution in [3.8, 4) is 23.3 Å². The lowest BCUT2D eigenvalue weighted by Gasteiger charge is -2.37. The zero-order valence-electron chi connectivity index (χ0n) is 20.7. The van der Waals surface area contributed by atoms with E-state index in [0.29, 0.717) is 12.1 Å². The van der Waals surface area contributed by atoms with Gasteiger partial charge in [0, 0.05) is 43.6 Å². The molecule has 1 aliphatic rings. The predicted octanol–water partition coefficient (Wildman–Crippen LogP) is 2.34. The van der Waals surface area contributed by atoms with E-state index in [1.807, 2.05) is 31.2 Å². The molecule has 0 bridgehead atoms. The molecule has 35 heavy (non-hydrogen) atoms. The number of carbonyl (C=O) groups excluding carboxylic acids is 1. The number of benzene rings is 2. The van der Waals surface area contributed by atoms with Gasteiger partial charge in [-0.1, -0.05) is 18.8 Å². The molecule has 2 aromatic rings. The molecule has 0 saturated carbocycles. The highest BCUT2D eigenvalue weighted by Crippen LogP contribution is 2.34. The Labute approximate surface area is 207 Å². The molecule has 8 nitrogen and oxygen atoms in total. The van der Waals surface area contributed by atoms with Crippen molar-refractivity contribution in [3.63, 3.8) is 0 Å². The maximum Gasteiger partial charge on any atom is 0.247 e. The van der Waals surface area contributed by atoms with Crippen LogP contribution in [0.2, 0.25) is 0 Å². The summed E-state index contributed by atoms with van der Waals surface area (Å²) in [4.78, 5) is 13.4. The molecule has 0 radical (unpaired) electrons. The van der Waals surface area contributed by atoms with Gasteiger partial charge in [0.1, 0.15) is 22.5 Å². The Morgan fingerprint density at radius 1 is 1.23 bits per heavy atom. The van der Waals surface area contributed by atoms with Gasteiger partial charge in [-0.2, -0.15) is 4.31 Å². The fraction of sp³-hybridized carbons (Fsp3) is 0.423. The lowest BCUT2D eigenvalue weighted by molar-refractivity contribution is -0.129. The Morgan fingerprint density at radius 2 is 1.86 bits per heavy atom. The summed E-state index contributed by atoms with van der Waals surface area (Å²) in [5.74, 6) is 6.66. The summed E-state index contributed by atoms with van der Waals surface area (Å²) < 4.78 is 39.8. The average molecular weight is 501 g/mol. The Kier molecular flexibility index (Phi) is 8.43. The van der Waals surface area contributed by atoms with Gasteiger partial charge in [-0.3, -0.25) is 4.79 Å². The monoisotopic (exact) mass is 500 g/mol. The van der Waals surface area contributed by atoms with Gasteiger partial charge in [0.15, 0.2) is 0 Å². The topological polar surface area (TPSA) is 96.4 Å². The van der Waals surface area contributed by atoms with Crippen LogP contribution in [0.4, 0.5) is 0 Å². The minimum Gasteiger partial charge on any atom is -0.497 e. The van der Waals surface area contributed by atoms with E-state index in [9.17, 15) is 18.3 Å². The van der Waals surface area contributed by atoms with Crippen LogP contribution in [0.25, 0.3) is 0 Å². The summed E-state index contributed by atoms with van der Waals surface area (Å²) in [5, 5.41) is 9.74. The Hall–Kier alpha value is -3.06. The first-order valence-electron chi connectivity index (χ1n) is 11.4. The first-order valence-corrected chi connectivity index (χ1v) is 12.8. The number of fused-ring (bicyclic) bond motifs is 1. The second kappa shape index (κ2) is 11.1. The van der Waals surface area contributed by atoms with E-state index in [0.717, 1.165) is 11.3 Å². The standard InChI is InChI=1S/C26H32N2O6S/c1-18-15-28(19(2)17-29)35(31,32)26-13-10-22(7-6-21-8-11-23(33-5)12-9-21)14-24(26)34-25(18)16-27(4)20(3)30/h8-14,18-19,25,29H,15-17H2,1-5H3/t18-,19-,25+/m0/s1. The number of hydrogen-bond acceptors (Lipinski definition) is 6. The first-order chi connectivity index (χ1) is 16.6. The van der Waals surface area contributed by atoms with Crippen molar-refractivity contribution in [2.24, 2.45) is 5.92 Å². The fourth-order valence-corrected chi connectivity index (χ4v) is 5.56. The van der Waals surface area contributed by atoms with Crippen LogP contribution in [0.3, 0.4) is 0 Å². The number of amides is 1. The fourth-order valence-electron chi connectivity index (χ4n) is 3.74. The van der Waals surface area contributed by atoms with E-state index in [4.69, 9.17) is 9.47 Å². The van der Waals surface area contributed by atoms with Crippen molar-refractivity contribution < 1.29 is 27.8 Å².